The SMILES string of the molecule is CCc1ccccc1N(CC(=O)NCc1ccc(Cl)cc1)S(=O)(=O)c1ccccc1. The molecule has 0 aliphatic carbocycles. The first-order chi connectivity index (χ1) is 14.4. The number of para-hydroxylation sites is 1. The summed E-state index contributed by atoms with van der Waals surface area (Å²) in [7, 11) is -3.92. The highest BCUT2D eigenvalue weighted by molar-refractivity contribution is 7.92. The summed E-state index contributed by atoms with van der Waals surface area (Å²) >= 11 is 5.89. The van der Waals surface area contributed by atoms with Gasteiger partial charge in [0, 0.05) is 11.6 Å². The first-order valence-electron chi connectivity index (χ1n) is 9.58. The summed E-state index contributed by atoms with van der Waals surface area (Å²) in [6.45, 7) is 1.92. The maximum absolute atomic E-state index is 13.4. The van der Waals surface area contributed by atoms with Crippen molar-refractivity contribution in [3.8, 4) is 0 Å². The van der Waals surface area contributed by atoms with Crippen LogP contribution in [0.15, 0.2) is 83.8 Å². The number of amides is 1. The topological polar surface area (TPSA) is 66.5 Å². The predicted molar refractivity (Wildman–Crippen MR) is 120 cm³/mol. The smallest absolute Gasteiger partial charge is 0.264 e. The van der Waals surface area contributed by atoms with Gasteiger partial charge < -0.3 is 5.32 Å². The molecular weight excluding hydrogens is 420 g/mol. The van der Waals surface area contributed by atoms with E-state index in [0.717, 1.165) is 11.1 Å². The average molecular weight is 443 g/mol. The molecule has 0 unspecified atom stereocenters. The Labute approximate surface area is 182 Å². The second-order valence-corrected chi connectivity index (χ2v) is 9.01. The van der Waals surface area contributed by atoms with Gasteiger partial charge in [-0.2, -0.15) is 0 Å². The molecule has 3 aromatic rings. The van der Waals surface area contributed by atoms with Gasteiger partial charge in [-0.3, -0.25) is 9.10 Å². The molecule has 5 nitrogen and oxygen atoms in total. The van der Waals surface area contributed by atoms with Crippen LogP contribution in [0.3, 0.4) is 0 Å². The maximum atomic E-state index is 13.4. The van der Waals surface area contributed by atoms with Crippen LogP contribution in [0.4, 0.5) is 5.69 Å². The fourth-order valence-electron chi connectivity index (χ4n) is 3.06. The van der Waals surface area contributed by atoms with Gasteiger partial charge in [-0.15, -0.1) is 0 Å². The van der Waals surface area contributed by atoms with Crippen molar-refractivity contribution in [3.63, 3.8) is 0 Å². The van der Waals surface area contributed by atoms with Crippen molar-refractivity contribution in [1.82, 2.24) is 5.32 Å². The number of anilines is 1. The zero-order valence-electron chi connectivity index (χ0n) is 16.6. The monoisotopic (exact) mass is 442 g/mol. The van der Waals surface area contributed by atoms with E-state index in [2.05, 4.69) is 5.32 Å². The van der Waals surface area contributed by atoms with Gasteiger partial charge in [-0.1, -0.05) is 67.1 Å². The van der Waals surface area contributed by atoms with Gasteiger partial charge in [0.2, 0.25) is 5.91 Å². The molecule has 0 fully saturated rings. The van der Waals surface area contributed by atoms with Crippen LogP contribution in [-0.4, -0.2) is 20.9 Å². The Balaban J connectivity index is 1.88. The summed E-state index contributed by atoms with van der Waals surface area (Å²) < 4.78 is 27.9. The Morgan fingerprint density at radius 2 is 1.57 bits per heavy atom. The number of aryl methyl sites for hydroxylation is 1. The molecule has 0 bridgehead atoms. The number of hydrogen-bond acceptors (Lipinski definition) is 3. The van der Waals surface area contributed by atoms with E-state index >= 15 is 0 Å². The van der Waals surface area contributed by atoms with Crippen LogP contribution in [-0.2, 0) is 27.8 Å². The van der Waals surface area contributed by atoms with E-state index in [1.165, 1.54) is 16.4 Å². The summed E-state index contributed by atoms with van der Waals surface area (Å²) in [5, 5.41) is 3.40. The summed E-state index contributed by atoms with van der Waals surface area (Å²) in [5.41, 5.74) is 2.23. The molecule has 3 rings (SSSR count). The van der Waals surface area contributed by atoms with Crippen molar-refractivity contribution < 1.29 is 13.2 Å². The van der Waals surface area contributed by atoms with Gasteiger partial charge in [0.05, 0.1) is 10.6 Å². The van der Waals surface area contributed by atoms with Crippen LogP contribution in [0.2, 0.25) is 5.02 Å². The van der Waals surface area contributed by atoms with Crippen LogP contribution in [0.25, 0.3) is 0 Å². The van der Waals surface area contributed by atoms with Gasteiger partial charge in [0.15, 0.2) is 0 Å². The maximum Gasteiger partial charge on any atom is 0.264 e. The first kappa shape index (κ1) is 21.9. The van der Waals surface area contributed by atoms with E-state index < -0.39 is 15.9 Å². The lowest BCUT2D eigenvalue weighted by molar-refractivity contribution is -0.119. The lowest BCUT2D eigenvalue weighted by Gasteiger charge is -2.26. The normalized spacial score (nSPS) is 11.1. The lowest BCUT2D eigenvalue weighted by atomic mass is 10.1. The molecule has 0 aliphatic heterocycles. The van der Waals surface area contributed by atoms with Gasteiger partial charge >= 0.3 is 0 Å². The number of sulfonamides is 1. The molecule has 1 amide bonds. The molecule has 156 valence electrons. The fraction of sp³-hybridized carbons (Fsp3) is 0.174. The lowest BCUT2D eigenvalue weighted by Crippen LogP contribution is -2.41. The summed E-state index contributed by atoms with van der Waals surface area (Å²) in [5.74, 6) is -0.393. The summed E-state index contributed by atoms with van der Waals surface area (Å²) in [6, 6.07) is 22.5. The largest absolute Gasteiger partial charge is 0.350 e. The molecule has 0 aromatic heterocycles. The molecule has 0 saturated carbocycles. The molecule has 0 radical (unpaired) electrons. The number of benzene rings is 3. The van der Waals surface area contributed by atoms with E-state index in [4.69, 9.17) is 11.6 Å². The predicted octanol–water partition coefficient (Wildman–Crippen LogP) is 4.41. The van der Waals surface area contributed by atoms with Crippen molar-refractivity contribution in [2.24, 2.45) is 0 Å². The van der Waals surface area contributed by atoms with Crippen molar-refractivity contribution >= 4 is 33.2 Å². The Morgan fingerprint density at radius 3 is 2.23 bits per heavy atom. The number of nitrogens with zero attached hydrogens (tertiary/aromatic N) is 1. The molecule has 0 aliphatic rings. The molecule has 0 atom stereocenters. The number of carbonyl (C=O) groups is 1. The Kier molecular flexibility index (Phi) is 7.13. The minimum Gasteiger partial charge on any atom is -0.350 e. The Hall–Kier alpha value is -2.83. The average Bonchev–Trinajstić information content (AvgIpc) is 2.77. The van der Waals surface area contributed by atoms with Crippen molar-refractivity contribution in [3.05, 3.63) is 95.0 Å². The third-order valence-corrected chi connectivity index (χ3v) is 6.69. The van der Waals surface area contributed by atoms with E-state index in [1.807, 2.05) is 31.2 Å². The summed E-state index contributed by atoms with van der Waals surface area (Å²) in [6.07, 6.45) is 0.642. The standard InChI is InChI=1S/C23H23ClN2O3S/c1-2-19-8-6-7-11-22(19)26(30(28,29)21-9-4-3-5-10-21)17-23(27)25-16-18-12-14-20(24)15-13-18/h3-15H,2,16-17H2,1H3,(H,25,27). The number of hydrogen-bond donors (Lipinski definition) is 1. The zero-order chi connectivity index (χ0) is 21.6. The third-order valence-electron chi connectivity index (χ3n) is 4.66. The molecular formula is C23H23ClN2O3S. The number of carbonyl (C=O) groups excluding carboxylic acids is 1. The molecule has 1 N–H and O–H groups in total. The number of rotatable bonds is 8. The molecule has 7 heteroatoms. The Bertz CT molecular complexity index is 1100. The highest BCUT2D eigenvalue weighted by Gasteiger charge is 2.28. The highest BCUT2D eigenvalue weighted by atomic mass is 35.5. The third kappa shape index (κ3) is 5.20. The van der Waals surface area contributed by atoms with Crippen LogP contribution in [0.5, 0.6) is 0 Å². The van der Waals surface area contributed by atoms with Crippen LogP contribution < -0.4 is 9.62 Å². The molecule has 0 spiro atoms. The number of halogens is 1. The molecule has 3 aromatic carbocycles. The molecule has 0 heterocycles. The van der Waals surface area contributed by atoms with Crippen LogP contribution in [0.1, 0.15) is 18.1 Å². The molecule has 0 saturated heterocycles. The van der Waals surface area contributed by atoms with E-state index in [9.17, 15) is 13.2 Å². The van der Waals surface area contributed by atoms with Crippen LogP contribution >= 0.6 is 11.6 Å². The van der Waals surface area contributed by atoms with Gasteiger partial charge in [-0.05, 0) is 47.9 Å². The second-order valence-electron chi connectivity index (χ2n) is 6.71. The van der Waals surface area contributed by atoms with Crippen LogP contribution in [0, 0.1) is 0 Å². The van der Waals surface area contributed by atoms with Crippen molar-refractivity contribution in [2.45, 2.75) is 24.8 Å². The van der Waals surface area contributed by atoms with E-state index in [0.29, 0.717) is 17.1 Å². The van der Waals surface area contributed by atoms with Crippen molar-refractivity contribution in [1.29, 1.82) is 0 Å². The van der Waals surface area contributed by atoms with E-state index in [-0.39, 0.29) is 18.0 Å². The Morgan fingerprint density at radius 1 is 0.933 bits per heavy atom. The minimum atomic E-state index is -3.92. The zero-order valence-corrected chi connectivity index (χ0v) is 18.2. The van der Waals surface area contributed by atoms with Gasteiger partial charge in [0.25, 0.3) is 10.0 Å². The molecule has 30 heavy (non-hydrogen) atoms. The second kappa shape index (κ2) is 9.78. The highest BCUT2D eigenvalue weighted by Crippen LogP contribution is 2.27. The summed E-state index contributed by atoms with van der Waals surface area (Å²) in [4.78, 5) is 12.8. The van der Waals surface area contributed by atoms with Crippen molar-refractivity contribution in [2.75, 3.05) is 10.8 Å². The van der Waals surface area contributed by atoms with Gasteiger partial charge in [-0.25, -0.2) is 8.42 Å². The van der Waals surface area contributed by atoms with Gasteiger partial charge in [0.1, 0.15) is 6.54 Å². The first-order valence-corrected chi connectivity index (χ1v) is 11.4. The quantitative estimate of drug-likeness (QED) is 0.561. The fourth-order valence-corrected chi connectivity index (χ4v) is 4.67. The minimum absolute atomic E-state index is 0.140. The van der Waals surface area contributed by atoms with E-state index in [1.54, 1.807) is 42.5 Å². The number of nitrogens with one attached hydrogen (secondary N) is 1.